The third-order valence-corrected chi connectivity index (χ3v) is 5.61. The second kappa shape index (κ2) is 9.19. The van der Waals surface area contributed by atoms with E-state index in [9.17, 15) is 4.79 Å². The van der Waals surface area contributed by atoms with Crippen LogP contribution < -0.4 is 15.4 Å². The van der Waals surface area contributed by atoms with Crippen LogP contribution in [0.25, 0.3) is 15.5 Å². The Morgan fingerprint density at radius 2 is 2.00 bits per heavy atom. The molecule has 0 fully saturated rings. The molecule has 0 radical (unpaired) electrons. The summed E-state index contributed by atoms with van der Waals surface area (Å²) >= 11 is 6.75. The van der Waals surface area contributed by atoms with Gasteiger partial charge in [0.2, 0.25) is 4.96 Å². The fourth-order valence-corrected chi connectivity index (χ4v) is 3.99. The molecule has 2 N–H and O–H groups in total. The molecule has 0 spiro atoms. The third-order valence-electron chi connectivity index (χ3n) is 4.46. The molecule has 0 unspecified atom stereocenters. The number of ether oxygens (including phenoxy) is 1. The first kappa shape index (κ1) is 20.9. The summed E-state index contributed by atoms with van der Waals surface area (Å²) in [4.78, 5) is 12.8. The van der Waals surface area contributed by atoms with E-state index in [4.69, 9.17) is 17.0 Å². The summed E-state index contributed by atoms with van der Waals surface area (Å²) in [5.74, 6) is 1.13. The van der Waals surface area contributed by atoms with Crippen molar-refractivity contribution in [2.24, 2.45) is 0 Å². The minimum atomic E-state index is -0.331. The second-order valence-corrected chi connectivity index (χ2v) is 8.07. The molecule has 158 valence electrons. The number of aryl methyl sites for hydroxylation is 2. The molecule has 0 bridgehead atoms. The van der Waals surface area contributed by atoms with Crippen molar-refractivity contribution < 1.29 is 9.53 Å². The summed E-state index contributed by atoms with van der Waals surface area (Å²) in [6.07, 6.45) is 0.770. The van der Waals surface area contributed by atoms with Crippen molar-refractivity contribution in [3.63, 3.8) is 0 Å². The Balaban J connectivity index is 1.37. The average Bonchev–Trinajstić information content (AvgIpc) is 3.35. The molecule has 1 amide bonds. The van der Waals surface area contributed by atoms with Gasteiger partial charge in [0, 0.05) is 17.7 Å². The van der Waals surface area contributed by atoms with Gasteiger partial charge in [-0.05, 0) is 55.0 Å². The van der Waals surface area contributed by atoms with Gasteiger partial charge in [-0.25, -0.2) is 0 Å². The summed E-state index contributed by atoms with van der Waals surface area (Å²) in [6.45, 7) is 3.87. The number of thiocarbonyl (C=S) groups is 1. The Labute approximate surface area is 188 Å². The molecular weight excluding hydrogens is 432 g/mol. The largest absolute Gasteiger partial charge is 0.484 e. The Bertz CT molecular complexity index is 1240. The number of benzene rings is 2. The van der Waals surface area contributed by atoms with Crippen molar-refractivity contribution in [1.29, 1.82) is 0 Å². The van der Waals surface area contributed by atoms with E-state index in [1.54, 1.807) is 16.6 Å². The zero-order chi connectivity index (χ0) is 21.8. The Morgan fingerprint density at radius 3 is 2.74 bits per heavy atom. The van der Waals surface area contributed by atoms with Crippen molar-refractivity contribution in [1.82, 2.24) is 25.1 Å². The van der Waals surface area contributed by atoms with Crippen LogP contribution in [0.2, 0.25) is 0 Å². The number of carbonyl (C=O) groups is 1. The fourth-order valence-electron chi connectivity index (χ4n) is 2.91. The summed E-state index contributed by atoms with van der Waals surface area (Å²) < 4.78 is 7.21. The van der Waals surface area contributed by atoms with Gasteiger partial charge in [0.25, 0.3) is 5.91 Å². The van der Waals surface area contributed by atoms with Gasteiger partial charge in [-0.1, -0.05) is 36.5 Å². The van der Waals surface area contributed by atoms with Crippen LogP contribution in [0.3, 0.4) is 0 Å². The maximum Gasteiger partial charge on any atom is 0.264 e. The van der Waals surface area contributed by atoms with Crippen molar-refractivity contribution in [3.05, 3.63) is 59.9 Å². The summed E-state index contributed by atoms with van der Waals surface area (Å²) in [6, 6.07) is 15.0. The van der Waals surface area contributed by atoms with Gasteiger partial charge in [-0.3, -0.25) is 10.1 Å². The van der Waals surface area contributed by atoms with E-state index < -0.39 is 0 Å². The van der Waals surface area contributed by atoms with Crippen molar-refractivity contribution in [3.8, 4) is 16.3 Å². The molecule has 2 aromatic carbocycles. The molecule has 2 aromatic heterocycles. The van der Waals surface area contributed by atoms with E-state index in [-0.39, 0.29) is 17.6 Å². The van der Waals surface area contributed by atoms with Crippen molar-refractivity contribution >= 4 is 45.2 Å². The molecule has 0 aliphatic carbocycles. The molecule has 10 heteroatoms. The molecule has 0 aliphatic rings. The van der Waals surface area contributed by atoms with Gasteiger partial charge < -0.3 is 10.1 Å². The third kappa shape index (κ3) is 4.86. The maximum absolute atomic E-state index is 12.1. The van der Waals surface area contributed by atoms with Crippen LogP contribution in [-0.4, -0.2) is 37.4 Å². The highest BCUT2D eigenvalue weighted by molar-refractivity contribution is 7.80. The van der Waals surface area contributed by atoms with Gasteiger partial charge in [0.15, 0.2) is 17.5 Å². The number of nitrogens with zero attached hydrogens (tertiary/aromatic N) is 4. The molecule has 0 aliphatic heterocycles. The number of para-hydroxylation sites is 1. The van der Waals surface area contributed by atoms with Gasteiger partial charge in [0.05, 0.1) is 0 Å². The van der Waals surface area contributed by atoms with E-state index >= 15 is 0 Å². The fraction of sp³-hybridized carbons (Fsp3) is 0.190. The predicted octanol–water partition coefficient (Wildman–Crippen LogP) is 3.62. The zero-order valence-corrected chi connectivity index (χ0v) is 18.6. The van der Waals surface area contributed by atoms with Gasteiger partial charge in [-0.2, -0.15) is 9.61 Å². The number of fused-ring (bicyclic) bond motifs is 1. The number of nitrogens with one attached hydrogen (secondary N) is 2. The van der Waals surface area contributed by atoms with Gasteiger partial charge in [-0.15, -0.1) is 10.2 Å². The quantitative estimate of drug-likeness (QED) is 0.432. The molecule has 4 aromatic rings. The van der Waals surface area contributed by atoms with Gasteiger partial charge >= 0.3 is 0 Å². The number of carbonyl (C=O) groups excluding carboxylic acids is 1. The maximum atomic E-state index is 12.1. The first-order valence-corrected chi connectivity index (χ1v) is 10.9. The van der Waals surface area contributed by atoms with E-state index in [0.717, 1.165) is 39.0 Å². The van der Waals surface area contributed by atoms with Gasteiger partial charge in [0.1, 0.15) is 10.8 Å². The smallest absolute Gasteiger partial charge is 0.264 e. The molecule has 2 heterocycles. The molecule has 0 saturated carbocycles. The average molecular weight is 453 g/mol. The Hall–Kier alpha value is -3.37. The molecule has 31 heavy (non-hydrogen) atoms. The number of aromatic nitrogens is 4. The first-order valence-electron chi connectivity index (χ1n) is 9.64. The standard InChI is InChI=1S/C21H20N6O2S2/c1-3-17-24-25-21-27(17)26-19(31-21)14-9-10-16(13(2)11-14)22-20(30)23-18(28)12-29-15-7-5-4-6-8-15/h4-11H,3,12H2,1-2H3,(H2,22,23,28,30). The molecule has 8 nitrogen and oxygen atoms in total. The predicted molar refractivity (Wildman–Crippen MR) is 125 cm³/mol. The summed E-state index contributed by atoms with van der Waals surface area (Å²) in [5, 5.41) is 19.7. The Kier molecular flexibility index (Phi) is 6.19. The highest BCUT2D eigenvalue weighted by atomic mass is 32.1. The van der Waals surface area contributed by atoms with Crippen LogP contribution in [-0.2, 0) is 11.2 Å². The van der Waals surface area contributed by atoms with Crippen molar-refractivity contribution in [2.75, 3.05) is 11.9 Å². The van der Waals surface area contributed by atoms with Crippen LogP contribution >= 0.6 is 23.6 Å². The lowest BCUT2D eigenvalue weighted by molar-refractivity contribution is -0.121. The highest BCUT2D eigenvalue weighted by Crippen LogP contribution is 2.28. The van der Waals surface area contributed by atoms with Crippen LogP contribution in [0.1, 0.15) is 18.3 Å². The van der Waals surface area contributed by atoms with Crippen LogP contribution in [0.5, 0.6) is 5.75 Å². The number of amides is 1. The van der Waals surface area contributed by atoms with E-state index in [1.165, 1.54) is 11.3 Å². The number of rotatable bonds is 6. The zero-order valence-electron chi connectivity index (χ0n) is 17.0. The molecule has 4 rings (SSSR count). The number of hydrogen-bond acceptors (Lipinski definition) is 7. The van der Waals surface area contributed by atoms with Crippen LogP contribution in [0.15, 0.2) is 48.5 Å². The molecule has 0 atom stereocenters. The lowest BCUT2D eigenvalue weighted by Crippen LogP contribution is -2.37. The topological polar surface area (TPSA) is 93.4 Å². The lowest BCUT2D eigenvalue weighted by atomic mass is 10.1. The SMILES string of the molecule is CCc1nnc2sc(-c3ccc(NC(=S)NC(=O)COc4ccccc4)c(C)c3)nn12. The second-order valence-electron chi connectivity index (χ2n) is 6.71. The van der Waals surface area contributed by atoms with Crippen LogP contribution in [0.4, 0.5) is 5.69 Å². The van der Waals surface area contributed by atoms with Crippen LogP contribution in [0, 0.1) is 6.92 Å². The number of anilines is 1. The molecule has 0 saturated heterocycles. The summed E-state index contributed by atoms with van der Waals surface area (Å²) in [7, 11) is 0. The van der Waals surface area contributed by atoms with E-state index in [1.807, 2.05) is 50.2 Å². The summed E-state index contributed by atoms with van der Waals surface area (Å²) in [5.41, 5.74) is 2.75. The minimum absolute atomic E-state index is 0.121. The van der Waals surface area contributed by atoms with Crippen molar-refractivity contribution in [2.45, 2.75) is 20.3 Å². The minimum Gasteiger partial charge on any atom is -0.484 e. The monoisotopic (exact) mass is 452 g/mol. The number of hydrogen-bond donors (Lipinski definition) is 2. The first-order chi connectivity index (χ1) is 15.0. The lowest BCUT2D eigenvalue weighted by Gasteiger charge is -2.13. The van der Waals surface area contributed by atoms with E-state index in [2.05, 4.69) is 25.9 Å². The van der Waals surface area contributed by atoms with E-state index in [0.29, 0.717) is 5.75 Å². The molecular formula is C21H20N6O2S2. The normalized spacial score (nSPS) is 10.8. The highest BCUT2D eigenvalue weighted by Gasteiger charge is 2.13. The Morgan fingerprint density at radius 1 is 1.19 bits per heavy atom.